The smallest absolute Gasteiger partial charge is 0.143 e. The molecular formula is C9H3ClFNS. The second-order valence-electron chi connectivity index (χ2n) is 2.49. The van der Waals surface area contributed by atoms with Gasteiger partial charge in [0, 0.05) is 10.8 Å². The maximum atomic E-state index is 13.1. The molecule has 0 saturated carbocycles. The van der Waals surface area contributed by atoms with Crippen LogP contribution in [0.25, 0.3) is 10.1 Å². The lowest BCUT2D eigenvalue weighted by atomic mass is 10.2. The van der Waals surface area contributed by atoms with Crippen molar-refractivity contribution >= 4 is 33.0 Å². The van der Waals surface area contributed by atoms with Gasteiger partial charge in [0.25, 0.3) is 0 Å². The summed E-state index contributed by atoms with van der Waals surface area (Å²) in [7, 11) is 0. The van der Waals surface area contributed by atoms with Crippen molar-refractivity contribution in [3.63, 3.8) is 0 Å². The molecule has 0 N–H and O–H groups in total. The molecule has 0 bridgehead atoms. The molecular weight excluding hydrogens is 209 g/mol. The van der Waals surface area contributed by atoms with E-state index in [0.717, 1.165) is 0 Å². The Morgan fingerprint density at radius 3 is 2.92 bits per heavy atom. The number of hydrogen-bond donors (Lipinski definition) is 0. The third-order valence-corrected chi connectivity index (χ3v) is 3.05. The zero-order valence-corrected chi connectivity index (χ0v) is 7.92. The Kier molecular flexibility index (Phi) is 1.95. The molecule has 0 aliphatic heterocycles. The minimum Gasteiger partial charge on any atom is -0.205 e. The standard InChI is InChI=1S/C9H3ClFNS/c10-6-2-1-5(3-12)9-8(6)7(11)4-13-9/h1-2,4H. The van der Waals surface area contributed by atoms with Gasteiger partial charge in [-0.3, -0.25) is 0 Å². The molecule has 2 aromatic rings. The zero-order chi connectivity index (χ0) is 9.42. The van der Waals surface area contributed by atoms with E-state index < -0.39 is 0 Å². The third kappa shape index (κ3) is 1.19. The number of fused-ring (bicyclic) bond motifs is 1. The van der Waals surface area contributed by atoms with Crippen LogP contribution >= 0.6 is 22.9 Å². The van der Waals surface area contributed by atoms with Gasteiger partial charge in [0.05, 0.1) is 15.3 Å². The van der Waals surface area contributed by atoms with Gasteiger partial charge in [-0.15, -0.1) is 11.3 Å². The van der Waals surface area contributed by atoms with E-state index >= 15 is 0 Å². The monoisotopic (exact) mass is 211 g/mol. The molecule has 1 aromatic heterocycles. The Morgan fingerprint density at radius 2 is 2.23 bits per heavy atom. The summed E-state index contributed by atoms with van der Waals surface area (Å²) in [5.74, 6) is -0.359. The first kappa shape index (κ1) is 8.49. The summed E-state index contributed by atoms with van der Waals surface area (Å²) in [4.78, 5) is 0. The highest BCUT2D eigenvalue weighted by Crippen LogP contribution is 2.33. The number of thiophene rings is 1. The van der Waals surface area contributed by atoms with E-state index in [1.54, 1.807) is 6.07 Å². The Hall–Kier alpha value is -1.11. The van der Waals surface area contributed by atoms with Crippen LogP contribution < -0.4 is 0 Å². The van der Waals surface area contributed by atoms with Gasteiger partial charge in [0.2, 0.25) is 0 Å². The molecule has 0 aliphatic rings. The molecule has 0 aliphatic carbocycles. The zero-order valence-electron chi connectivity index (χ0n) is 6.34. The summed E-state index contributed by atoms with van der Waals surface area (Å²) in [6, 6.07) is 5.13. The number of halogens is 2. The van der Waals surface area contributed by atoms with E-state index in [9.17, 15) is 4.39 Å². The number of nitriles is 1. The minimum atomic E-state index is -0.359. The fourth-order valence-corrected chi connectivity index (χ4v) is 2.37. The van der Waals surface area contributed by atoms with Crippen molar-refractivity contribution in [3.05, 3.63) is 33.9 Å². The fourth-order valence-electron chi connectivity index (χ4n) is 1.16. The first-order chi connectivity index (χ1) is 6.24. The topological polar surface area (TPSA) is 23.8 Å². The van der Waals surface area contributed by atoms with Crippen molar-refractivity contribution in [2.45, 2.75) is 0 Å². The quantitative estimate of drug-likeness (QED) is 0.654. The van der Waals surface area contributed by atoms with Crippen LogP contribution in [0.4, 0.5) is 4.39 Å². The van der Waals surface area contributed by atoms with Gasteiger partial charge in [0.1, 0.15) is 11.9 Å². The predicted molar refractivity (Wildman–Crippen MR) is 51.5 cm³/mol. The Morgan fingerprint density at radius 1 is 1.46 bits per heavy atom. The third-order valence-electron chi connectivity index (χ3n) is 1.75. The highest BCUT2D eigenvalue weighted by Gasteiger charge is 2.10. The van der Waals surface area contributed by atoms with Crippen LogP contribution in [0.1, 0.15) is 5.56 Å². The molecule has 1 heterocycles. The van der Waals surface area contributed by atoms with Crippen LogP contribution in [-0.4, -0.2) is 0 Å². The summed E-state index contributed by atoms with van der Waals surface area (Å²) in [5, 5.41) is 10.8. The van der Waals surface area contributed by atoms with Crippen molar-refractivity contribution in [1.29, 1.82) is 5.26 Å². The van der Waals surface area contributed by atoms with Gasteiger partial charge in [-0.1, -0.05) is 11.6 Å². The maximum Gasteiger partial charge on any atom is 0.143 e. The molecule has 0 unspecified atom stereocenters. The van der Waals surface area contributed by atoms with E-state index in [1.807, 2.05) is 6.07 Å². The first-order valence-corrected chi connectivity index (χ1v) is 4.75. The molecule has 1 aromatic carbocycles. The molecule has 0 atom stereocenters. The van der Waals surface area contributed by atoms with E-state index in [-0.39, 0.29) is 5.82 Å². The van der Waals surface area contributed by atoms with E-state index in [1.165, 1.54) is 22.8 Å². The first-order valence-electron chi connectivity index (χ1n) is 3.49. The van der Waals surface area contributed by atoms with Crippen LogP contribution in [0.2, 0.25) is 5.02 Å². The molecule has 13 heavy (non-hydrogen) atoms. The molecule has 4 heteroatoms. The summed E-state index contributed by atoms with van der Waals surface area (Å²) < 4.78 is 13.8. The fraction of sp³-hybridized carbons (Fsp3) is 0. The predicted octanol–water partition coefficient (Wildman–Crippen LogP) is 3.57. The Bertz CT molecular complexity index is 512. The lowest BCUT2D eigenvalue weighted by Crippen LogP contribution is -1.76. The summed E-state index contributed by atoms with van der Waals surface area (Å²) in [6.45, 7) is 0. The van der Waals surface area contributed by atoms with Crippen LogP contribution in [0, 0.1) is 17.1 Å². The summed E-state index contributed by atoms with van der Waals surface area (Å²) in [6.07, 6.45) is 0. The van der Waals surface area contributed by atoms with Crippen molar-refractivity contribution < 1.29 is 4.39 Å². The van der Waals surface area contributed by atoms with Crippen molar-refractivity contribution in [3.8, 4) is 6.07 Å². The van der Waals surface area contributed by atoms with Gasteiger partial charge in [-0.05, 0) is 12.1 Å². The van der Waals surface area contributed by atoms with Crippen molar-refractivity contribution in [1.82, 2.24) is 0 Å². The van der Waals surface area contributed by atoms with Gasteiger partial charge in [-0.2, -0.15) is 5.26 Å². The number of hydrogen-bond acceptors (Lipinski definition) is 2. The molecule has 2 rings (SSSR count). The second kappa shape index (κ2) is 2.99. The average Bonchev–Trinajstić information content (AvgIpc) is 2.50. The van der Waals surface area contributed by atoms with Crippen LogP contribution in [0.15, 0.2) is 17.5 Å². The summed E-state index contributed by atoms with van der Waals surface area (Å²) >= 11 is 6.99. The Labute approximate surface area is 83.0 Å². The molecule has 0 spiro atoms. The Balaban J connectivity index is 2.97. The van der Waals surface area contributed by atoms with E-state index in [2.05, 4.69) is 0 Å². The van der Waals surface area contributed by atoms with Crippen molar-refractivity contribution in [2.75, 3.05) is 0 Å². The van der Waals surface area contributed by atoms with Gasteiger partial charge < -0.3 is 0 Å². The summed E-state index contributed by atoms with van der Waals surface area (Å²) in [5.41, 5.74) is 0.466. The number of benzene rings is 1. The van der Waals surface area contributed by atoms with Crippen LogP contribution in [-0.2, 0) is 0 Å². The molecule has 0 radical (unpaired) electrons. The molecule has 0 saturated heterocycles. The molecule has 1 nitrogen and oxygen atoms in total. The van der Waals surface area contributed by atoms with Crippen molar-refractivity contribution in [2.24, 2.45) is 0 Å². The SMILES string of the molecule is N#Cc1ccc(Cl)c2c(F)csc12. The minimum absolute atomic E-state index is 0.353. The highest BCUT2D eigenvalue weighted by atomic mass is 35.5. The van der Waals surface area contributed by atoms with Gasteiger partial charge in [0.15, 0.2) is 0 Å². The van der Waals surface area contributed by atoms with Crippen LogP contribution in [0.5, 0.6) is 0 Å². The van der Waals surface area contributed by atoms with E-state index in [0.29, 0.717) is 20.7 Å². The molecule has 0 fully saturated rings. The highest BCUT2D eigenvalue weighted by molar-refractivity contribution is 7.17. The normalized spacial score (nSPS) is 10.2. The number of rotatable bonds is 0. The largest absolute Gasteiger partial charge is 0.205 e. The maximum absolute atomic E-state index is 13.1. The number of nitrogens with zero attached hydrogens (tertiary/aromatic N) is 1. The molecule has 0 amide bonds. The lowest BCUT2D eigenvalue weighted by molar-refractivity contribution is 0.644. The van der Waals surface area contributed by atoms with E-state index in [4.69, 9.17) is 16.9 Å². The lowest BCUT2D eigenvalue weighted by Gasteiger charge is -1.95. The van der Waals surface area contributed by atoms with Crippen LogP contribution in [0.3, 0.4) is 0 Å². The second-order valence-corrected chi connectivity index (χ2v) is 3.78. The molecule has 64 valence electrons. The van der Waals surface area contributed by atoms with Gasteiger partial charge in [-0.25, -0.2) is 4.39 Å². The average molecular weight is 212 g/mol. The van der Waals surface area contributed by atoms with Gasteiger partial charge >= 0.3 is 0 Å².